The van der Waals surface area contributed by atoms with Crippen LogP contribution in [0.4, 0.5) is 0 Å². The van der Waals surface area contributed by atoms with Crippen LogP contribution in [0.5, 0.6) is 17.2 Å². The Labute approximate surface area is 219 Å². The van der Waals surface area contributed by atoms with Crippen molar-refractivity contribution in [2.45, 2.75) is 39.7 Å². The molecular weight excluding hydrogens is 472 g/mol. The van der Waals surface area contributed by atoms with Crippen LogP contribution in [0.2, 0.25) is 0 Å². The summed E-state index contributed by atoms with van der Waals surface area (Å²) in [5.74, 6) is 0.724. The molecule has 1 fully saturated rings. The van der Waals surface area contributed by atoms with E-state index in [4.69, 9.17) is 14.2 Å². The van der Waals surface area contributed by atoms with E-state index in [1.165, 1.54) is 0 Å². The molecule has 2 heterocycles. The Hall–Kier alpha value is -3.26. The van der Waals surface area contributed by atoms with Gasteiger partial charge in [-0.3, -0.25) is 14.5 Å². The Bertz CT molecular complexity index is 1090. The molecule has 8 heteroatoms. The Morgan fingerprint density at radius 1 is 1.00 bits per heavy atom. The zero-order valence-corrected chi connectivity index (χ0v) is 22.3. The number of ether oxygens (including phenoxy) is 3. The molecule has 4 rings (SSSR count). The summed E-state index contributed by atoms with van der Waals surface area (Å²) >= 11 is 0. The van der Waals surface area contributed by atoms with Gasteiger partial charge in [-0.1, -0.05) is 45.9 Å². The molecule has 0 saturated carbocycles. The maximum atomic E-state index is 13.6. The van der Waals surface area contributed by atoms with Crippen molar-refractivity contribution in [3.8, 4) is 17.2 Å². The van der Waals surface area contributed by atoms with E-state index < -0.39 is 17.9 Å². The molecule has 0 spiro atoms. The fourth-order valence-corrected chi connectivity index (χ4v) is 5.51. The van der Waals surface area contributed by atoms with E-state index in [1.807, 2.05) is 52.3 Å². The number of aliphatic carboxylic acids is 1. The molecule has 37 heavy (non-hydrogen) atoms. The smallest absolute Gasteiger partial charge is 0.309 e. The first-order valence-electron chi connectivity index (χ1n) is 13.0. The molecule has 0 unspecified atom stereocenters. The van der Waals surface area contributed by atoms with E-state index in [-0.39, 0.29) is 25.2 Å². The van der Waals surface area contributed by atoms with Crippen LogP contribution in [0.25, 0.3) is 0 Å². The van der Waals surface area contributed by atoms with Gasteiger partial charge in [0.1, 0.15) is 5.75 Å². The highest BCUT2D eigenvalue weighted by molar-refractivity contribution is 5.79. The van der Waals surface area contributed by atoms with Crippen LogP contribution < -0.4 is 14.2 Å². The fourth-order valence-electron chi connectivity index (χ4n) is 5.51. The van der Waals surface area contributed by atoms with Crippen molar-refractivity contribution in [3.05, 3.63) is 53.6 Å². The average molecular weight is 511 g/mol. The molecule has 1 N–H and O–H groups in total. The molecule has 2 aromatic rings. The number of hydrogen-bond donors (Lipinski definition) is 1. The van der Waals surface area contributed by atoms with Gasteiger partial charge < -0.3 is 24.2 Å². The fraction of sp³-hybridized carbons (Fsp3) is 0.517. The first-order chi connectivity index (χ1) is 17.7. The minimum atomic E-state index is -0.889. The number of benzene rings is 2. The van der Waals surface area contributed by atoms with Gasteiger partial charge in [-0.05, 0) is 47.2 Å². The Balaban J connectivity index is 1.69. The standard InChI is InChI=1S/C29H38N2O6/c1-18(2)13-30(14-19(3)4)26(32)16-31-15-23(21-8-11-24-25(12-21)37-17-36-24)27(29(33)34)28(31)20-6-9-22(35-5)10-7-20/h6-12,18-19,23,27-28H,13-17H2,1-5H3,(H,33,34)/t23-,27-,28+/m0/s1. The lowest BCUT2D eigenvalue weighted by Gasteiger charge is -2.31. The lowest BCUT2D eigenvalue weighted by Crippen LogP contribution is -2.44. The first-order valence-corrected chi connectivity index (χ1v) is 13.0. The quantitative estimate of drug-likeness (QED) is 0.507. The summed E-state index contributed by atoms with van der Waals surface area (Å²) in [4.78, 5) is 30.3. The molecule has 1 amide bonds. The van der Waals surface area contributed by atoms with E-state index in [1.54, 1.807) is 7.11 Å². The Morgan fingerprint density at radius 2 is 1.62 bits per heavy atom. The van der Waals surface area contributed by atoms with Crippen LogP contribution in [0, 0.1) is 17.8 Å². The maximum Gasteiger partial charge on any atom is 0.309 e. The van der Waals surface area contributed by atoms with Gasteiger partial charge in [0.05, 0.1) is 19.6 Å². The van der Waals surface area contributed by atoms with E-state index in [0.29, 0.717) is 48.7 Å². The molecule has 0 bridgehead atoms. The third-order valence-corrected chi connectivity index (χ3v) is 7.03. The lowest BCUT2D eigenvalue weighted by molar-refractivity contribution is -0.144. The molecule has 200 valence electrons. The normalized spacial score (nSPS) is 21.0. The number of carboxylic acids is 1. The van der Waals surface area contributed by atoms with Crippen LogP contribution in [-0.4, -0.2) is 66.9 Å². The number of fused-ring (bicyclic) bond motifs is 1. The van der Waals surface area contributed by atoms with Crippen molar-refractivity contribution in [2.24, 2.45) is 17.8 Å². The number of nitrogens with zero attached hydrogens (tertiary/aromatic N) is 2. The predicted molar refractivity (Wildman–Crippen MR) is 140 cm³/mol. The zero-order chi connectivity index (χ0) is 26.7. The van der Waals surface area contributed by atoms with E-state index >= 15 is 0 Å². The van der Waals surface area contributed by atoms with E-state index in [9.17, 15) is 14.7 Å². The molecule has 2 aromatic carbocycles. The second-order valence-electron chi connectivity index (χ2n) is 10.8. The van der Waals surface area contributed by atoms with Crippen molar-refractivity contribution in [3.63, 3.8) is 0 Å². The largest absolute Gasteiger partial charge is 0.497 e. The summed E-state index contributed by atoms with van der Waals surface area (Å²) in [6.07, 6.45) is 0. The molecular formula is C29H38N2O6. The number of carbonyl (C=O) groups excluding carboxylic acids is 1. The molecule has 0 radical (unpaired) electrons. The molecule has 0 aliphatic carbocycles. The third-order valence-electron chi connectivity index (χ3n) is 7.03. The van der Waals surface area contributed by atoms with Gasteiger partial charge >= 0.3 is 5.97 Å². The highest BCUT2D eigenvalue weighted by Crippen LogP contribution is 2.47. The molecule has 8 nitrogen and oxygen atoms in total. The summed E-state index contributed by atoms with van der Waals surface area (Å²) < 4.78 is 16.3. The van der Waals surface area contributed by atoms with Crippen molar-refractivity contribution in [1.82, 2.24) is 9.80 Å². The van der Waals surface area contributed by atoms with Crippen LogP contribution in [0.15, 0.2) is 42.5 Å². The second-order valence-corrected chi connectivity index (χ2v) is 10.8. The predicted octanol–water partition coefficient (Wildman–Crippen LogP) is 4.41. The average Bonchev–Trinajstić information content (AvgIpc) is 3.47. The summed E-state index contributed by atoms with van der Waals surface area (Å²) in [6, 6.07) is 12.6. The number of methoxy groups -OCH3 is 1. The van der Waals surface area contributed by atoms with Crippen molar-refractivity contribution < 1.29 is 28.9 Å². The highest BCUT2D eigenvalue weighted by atomic mass is 16.7. The highest BCUT2D eigenvalue weighted by Gasteiger charge is 2.48. The van der Waals surface area contributed by atoms with Gasteiger partial charge in [0.25, 0.3) is 0 Å². The van der Waals surface area contributed by atoms with Crippen LogP contribution in [0.3, 0.4) is 0 Å². The first kappa shape index (κ1) is 26.8. The van der Waals surface area contributed by atoms with Gasteiger partial charge in [-0.15, -0.1) is 0 Å². The summed E-state index contributed by atoms with van der Waals surface area (Å²) in [5, 5.41) is 10.5. The second kappa shape index (κ2) is 11.4. The number of likely N-dealkylation sites (tertiary alicyclic amines) is 1. The van der Waals surface area contributed by atoms with Gasteiger partial charge in [0, 0.05) is 31.6 Å². The summed E-state index contributed by atoms with van der Waals surface area (Å²) in [6.45, 7) is 10.5. The maximum absolute atomic E-state index is 13.6. The Kier molecular flexibility index (Phi) is 8.27. The number of hydrogen-bond acceptors (Lipinski definition) is 6. The monoisotopic (exact) mass is 510 g/mol. The number of carboxylic acid groups (broad SMARTS) is 1. The molecule has 3 atom stereocenters. The van der Waals surface area contributed by atoms with Crippen LogP contribution in [0.1, 0.15) is 50.8 Å². The molecule has 2 aliphatic rings. The lowest BCUT2D eigenvalue weighted by atomic mass is 9.82. The molecule has 0 aromatic heterocycles. The third kappa shape index (κ3) is 6.01. The summed E-state index contributed by atoms with van der Waals surface area (Å²) in [7, 11) is 1.60. The summed E-state index contributed by atoms with van der Waals surface area (Å²) in [5.41, 5.74) is 1.72. The van der Waals surface area contributed by atoms with Gasteiger partial charge in [0.2, 0.25) is 12.7 Å². The SMILES string of the molecule is COc1ccc([C@@H]2[C@@H](C(=O)O)[C@H](c3ccc4c(c3)OCO4)CN2CC(=O)N(CC(C)C)CC(C)C)cc1. The van der Waals surface area contributed by atoms with Crippen molar-refractivity contribution >= 4 is 11.9 Å². The minimum Gasteiger partial charge on any atom is -0.497 e. The minimum absolute atomic E-state index is 0.0244. The van der Waals surface area contributed by atoms with Gasteiger partial charge in [-0.2, -0.15) is 0 Å². The van der Waals surface area contributed by atoms with Crippen molar-refractivity contribution in [2.75, 3.05) is 40.1 Å². The van der Waals surface area contributed by atoms with Crippen LogP contribution in [-0.2, 0) is 9.59 Å². The van der Waals surface area contributed by atoms with Crippen LogP contribution >= 0.6 is 0 Å². The number of amides is 1. The van der Waals surface area contributed by atoms with E-state index in [2.05, 4.69) is 27.7 Å². The van der Waals surface area contributed by atoms with Gasteiger partial charge in [-0.25, -0.2) is 0 Å². The number of rotatable bonds is 10. The Morgan fingerprint density at radius 3 is 2.22 bits per heavy atom. The zero-order valence-electron chi connectivity index (χ0n) is 22.3. The van der Waals surface area contributed by atoms with E-state index in [0.717, 1.165) is 11.1 Å². The van der Waals surface area contributed by atoms with Crippen molar-refractivity contribution in [1.29, 1.82) is 0 Å². The molecule has 1 saturated heterocycles. The molecule has 2 aliphatic heterocycles. The van der Waals surface area contributed by atoms with Gasteiger partial charge in [0.15, 0.2) is 11.5 Å². The topological polar surface area (TPSA) is 88.5 Å². The number of carbonyl (C=O) groups is 2.